The molecule has 0 aliphatic carbocycles. The summed E-state index contributed by atoms with van der Waals surface area (Å²) in [7, 11) is 0. The maximum absolute atomic E-state index is 9.77. The van der Waals surface area contributed by atoms with Crippen molar-refractivity contribution in [3.63, 3.8) is 0 Å². The van der Waals surface area contributed by atoms with Gasteiger partial charge in [-0.2, -0.15) is 0 Å². The van der Waals surface area contributed by atoms with Crippen LogP contribution in [0.15, 0.2) is 42.7 Å². The summed E-state index contributed by atoms with van der Waals surface area (Å²) in [6, 6.07) is 10.6. The van der Waals surface area contributed by atoms with Crippen LogP contribution < -0.4 is 0 Å². The predicted octanol–water partition coefficient (Wildman–Crippen LogP) is 2.36. The van der Waals surface area contributed by atoms with Gasteiger partial charge in [0.2, 0.25) is 0 Å². The predicted molar refractivity (Wildman–Crippen MR) is 108 cm³/mol. The van der Waals surface area contributed by atoms with Gasteiger partial charge in [-0.05, 0) is 42.5 Å². The fourth-order valence-electron chi connectivity index (χ4n) is 3.37. The Bertz CT molecular complexity index is 1210. The van der Waals surface area contributed by atoms with Crippen LogP contribution in [0.2, 0.25) is 0 Å². The van der Waals surface area contributed by atoms with E-state index in [0.717, 1.165) is 0 Å². The molecule has 0 fully saturated rings. The molecule has 0 bridgehead atoms. The van der Waals surface area contributed by atoms with Crippen LogP contribution in [0, 0.1) is 13.8 Å². The van der Waals surface area contributed by atoms with Gasteiger partial charge in [0.15, 0.2) is 12.2 Å². The van der Waals surface area contributed by atoms with E-state index in [0.29, 0.717) is 0 Å². The number of aliphatic hydroxyl groups is 2. The molecule has 0 saturated carbocycles. The highest BCUT2D eigenvalue weighted by Crippen LogP contribution is 2.35. The number of nitrogens with zero attached hydrogens (tertiary/aromatic N) is 1. The molecule has 0 aliphatic rings. The lowest BCUT2D eigenvalue weighted by Gasteiger charge is -2.08. The number of aryl methyl sites for hydroxylation is 2. The molecule has 2 unspecified atom stereocenters. The molecule has 0 spiro atoms. The van der Waals surface area contributed by atoms with Gasteiger partial charge in [-0.25, -0.2) is 9.59 Å². The first-order valence-corrected chi connectivity index (χ1v) is 8.79. The second kappa shape index (κ2) is 7.86. The SMILES string of the molecule is Cc1c2ccncc2c(C)c2c1[nH]c1ccccc12.O=C(O)C(O)C(O)C(=O)O. The molecule has 0 aliphatic heterocycles. The molecule has 2 aromatic carbocycles. The number of pyridine rings is 1. The Labute approximate surface area is 165 Å². The summed E-state index contributed by atoms with van der Waals surface area (Å²) in [6.45, 7) is 4.37. The van der Waals surface area contributed by atoms with E-state index in [4.69, 9.17) is 20.4 Å². The van der Waals surface area contributed by atoms with Gasteiger partial charge in [-0.15, -0.1) is 0 Å². The summed E-state index contributed by atoms with van der Waals surface area (Å²) in [5.74, 6) is -3.54. The zero-order valence-corrected chi connectivity index (χ0v) is 15.7. The second-order valence-corrected chi connectivity index (χ2v) is 6.66. The minimum atomic E-state index is -2.27. The quantitative estimate of drug-likeness (QED) is 0.357. The maximum Gasteiger partial charge on any atom is 0.335 e. The van der Waals surface area contributed by atoms with E-state index in [-0.39, 0.29) is 0 Å². The number of rotatable bonds is 3. The molecule has 5 N–H and O–H groups in total. The maximum atomic E-state index is 9.77. The van der Waals surface area contributed by atoms with E-state index in [1.165, 1.54) is 43.7 Å². The molecular weight excluding hydrogens is 376 g/mol. The molecule has 29 heavy (non-hydrogen) atoms. The van der Waals surface area contributed by atoms with Crippen LogP contribution in [0.5, 0.6) is 0 Å². The van der Waals surface area contributed by atoms with Crippen molar-refractivity contribution in [3.05, 3.63) is 53.9 Å². The van der Waals surface area contributed by atoms with Crippen LogP contribution in [0.3, 0.4) is 0 Å². The van der Waals surface area contributed by atoms with Crippen molar-refractivity contribution in [1.29, 1.82) is 0 Å². The fourth-order valence-corrected chi connectivity index (χ4v) is 3.37. The third-order valence-electron chi connectivity index (χ3n) is 4.89. The highest BCUT2D eigenvalue weighted by molar-refractivity contribution is 6.16. The summed E-state index contributed by atoms with van der Waals surface area (Å²) in [4.78, 5) is 27.4. The van der Waals surface area contributed by atoms with Crippen molar-refractivity contribution in [2.24, 2.45) is 0 Å². The number of aliphatic hydroxyl groups excluding tert-OH is 2. The number of carboxylic acid groups (broad SMARTS) is 2. The number of H-pyrrole nitrogens is 1. The lowest BCUT2D eigenvalue weighted by Crippen LogP contribution is -2.39. The number of aromatic nitrogens is 2. The molecule has 2 aromatic heterocycles. The van der Waals surface area contributed by atoms with Crippen molar-refractivity contribution in [3.8, 4) is 0 Å². The smallest absolute Gasteiger partial charge is 0.335 e. The van der Waals surface area contributed by atoms with E-state index < -0.39 is 24.1 Å². The number of para-hydroxylation sites is 1. The van der Waals surface area contributed by atoms with Crippen LogP contribution in [0.25, 0.3) is 32.6 Å². The number of carbonyl (C=O) groups is 2. The van der Waals surface area contributed by atoms with Crippen LogP contribution >= 0.6 is 0 Å². The highest BCUT2D eigenvalue weighted by atomic mass is 16.4. The number of carboxylic acids is 2. The molecule has 4 rings (SSSR count). The first-order valence-electron chi connectivity index (χ1n) is 8.79. The first kappa shape index (κ1) is 20.2. The number of hydrogen-bond donors (Lipinski definition) is 5. The average Bonchev–Trinajstić information content (AvgIpc) is 3.11. The summed E-state index contributed by atoms with van der Waals surface area (Å²) < 4.78 is 0. The molecule has 0 saturated heterocycles. The van der Waals surface area contributed by atoms with Crippen molar-refractivity contribution in [2.45, 2.75) is 26.1 Å². The van der Waals surface area contributed by atoms with Gasteiger partial charge >= 0.3 is 11.9 Å². The Morgan fingerprint density at radius 1 is 0.897 bits per heavy atom. The van der Waals surface area contributed by atoms with Gasteiger partial charge < -0.3 is 25.4 Å². The van der Waals surface area contributed by atoms with E-state index in [1.54, 1.807) is 0 Å². The van der Waals surface area contributed by atoms with E-state index >= 15 is 0 Å². The molecule has 4 aromatic rings. The number of aliphatic carboxylic acids is 2. The fraction of sp³-hybridized carbons (Fsp3) is 0.190. The van der Waals surface area contributed by atoms with Gasteiger partial charge in [0.1, 0.15) is 0 Å². The number of hydrogen-bond acceptors (Lipinski definition) is 5. The largest absolute Gasteiger partial charge is 0.479 e. The summed E-state index contributed by atoms with van der Waals surface area (Å²) in [5.41, 5.74) is 5.06. The topological polar surface area (TPSA) is 144 Å². The van der Waals surface area contributed by atoms with E-state index in [1.807, 2.05) is 12.4 Å². The molecule has 150 valence electrons. The molecule has 8 heteroatoms. The van der Waals surface area contributed by atoms with Crippen molar-refractivity contribution in [1.82, 2.24) is 9.97 Å². The monoisotopic (exact) mass is 396 g/mol. The lowest BCUT2D eigenvalue weighted by molar-refractivity contribution is -0.165. The van der Waals surface area contributed by atoms with Gasteiger partial charge in [0.25, 0.3) is 0 Å². The van der Waals surface area contributed by atoms with Crippen LogP contribution in [0.1, 0.15) is 11.1 Å². The molecule has 8 nitrogen and oxygen atoms in total. The summed E-state index contributed by atoms with van der Waals surface area (Å²) >= 11 is 0. The zero-order chi connectivity index (χ0) is 21.3. The Hall–Kier alpha value is -3.49. The number of nitrogens with one attached hydrogen (secondary N) is 1. The van der Waals surface area contributed by atoms with Gasteiger partial charge in [0, 0.05) is 34.1 Å². The highest BCUT2D eigenvalue weighted by Gasteiger charge is 2.29. The minimum Gasteiger partial charge on any atom is -0.479 e. The van der Waals surface area contributed by atoms with E-state index in [2.05, 4.69) is 54.1 Å². The molecular formula is C21H20N2O6. The lowest BCUT2D eigenvalue weighted by atomic mass is 9.97. The summed E-state index contributed by atoms with van der Waals surface area (Å²) in [6.07, 6.45) is -0.697. The second-order valence-electron chi connectivity index (χ2n) is 6.66. The normalized spacial score (nSPS) is 13.1. The first-order chi connectivity index (χ1) is 13.7. The average molecular weight is 396 g/mol. The Kier molecular flexibility index (Phi) is 5.49. The number of fused-ring (bicyclic) bond motifs is 4. The van der Waals surface area contributed by atoms with Crippen molar-refractivity contribution >= 4 is 44.5 Å². The van der Waals surface area contributed by atoms with Crippen LogP contribution in [-0.2, 0) is 9.59 Å². The summed E-state index contributed by atoms with van der Waals surface area (Å²) in [5, 5.41) is 37.7. The Morgan fingerprint density at radius 2 is 1.52 bits per heavy atom. The zero-order valence-electron chi connectivity index (χ0n) is 15.7. The Balaban J connectivity index is 0.000000207. The van der Waals surface area contributed by atoms with Gasteiger partial charge in [-0.3, -0.25) is 4.98 Å². The number of benzene rings is 2. The molecule has 0 amide bonds. The molecule has 2 heterocycles. The van der Waals surface area contributed by atoms with Crippen molar-refractivity contribution < 1.29 is 30.0 Å². The van der Waals surface area contributed by atoms with Crippen LogP contribution in [0.4, 0.5) is 0 Å². The van der Waals surface area contributed by atoms with E-state index in [9.17, 15) is 9.59 Å². The van der Waals surface area contributed by atoms with Crippen LogP contribution in [-0.4, -0.2) is 54.5 Å². The Morgan fingerprint density at radius 3 is 2.14 bits per heavy atom. The molecule has 2 atom stereocenters. The standard InChI is InChI=1S/C17H14N2.C4H6O6/c1-10-14-9-18-8-7-12(14)11(2)17-16(10)13-5-3-4-6-15(13)19-17;5-1(3(7)8)2(6)4(9)10/h3-9,19H,1-2H3;1-2,5-6H,(H,7,8)(H,9,10). The van der Waals surface area contributed by atoms with Gasteiger partial charge in [0.05, 0.1) is 5.52 Å². The number of aromatic amines is 1. The minimum absolute atomic E-state index is 1.20. The third kappa shape index (κ3) is 3.63. The molecule has 0 radical (unpaired) electrons. The van der Waals surface area contributed by atoms with Gasteiger partial charge in [-0.1, -0.05) is 18.2 Å². The third-order valence-corrected chi connectivity index (χ3v) is 4.89. The van der Waals surface area contributed by atoms with Crippen molar-refractivity contribution in [2.75, 3.05) is 0 Å².